The summed E-state index contributed by atoms with van der Waals surface area (Å²) < 4.78 is 4.54. The first-order valence-corrected chi connectivity index (χ1v) is 6.13. The van der Waals surface area contributed by atoms with Gasteiger partial charge >= 0.3 is 5.97 Å². The number of rotatable bonds is 5. The molecule has 4 nitrogen and oxygen atoms in total. The Bertz CT molecular complexity index is 432. The Morgan fingerprint density at radius 2 is 2.12 bits per heavy atom. The number of ether oxygens (including phenoxy) is 1. The second-order valence-electron chi connectivity index (χ2n) is 3.48. The van der Waals surface area contributed by atoms with E-state index < -0.39 is 0 Å². The third-order valence-corrected chi connectivity index (χ3v) is 3.20. The fourth-order valence-corrected chi connectivity index (χ4v) is 2.18. The first kappa shape index (κ1) is 13.6. The van der Waals surface area contributed by atoms with E-state index in [1.807, 2.05) is 6.07 Å². The molecule has 5 heteroatoms. The standard InChI is InChI=1S/C12H15NO3S/c1-8(14)10-4-3-9(7-11(10)13)17-6-5-12(15)16-2/h3-4,7H,5-6,13H2,1-2H3. The number of methoxy groups -OCH3 is 1. The number of hydrogen-bond acceptors (Lipinski definition) is 5. The molecule has 0 unspecified atom stereocenters. The van der Waals surface area contributed by atoms with E-state index in [1.54, 1.807) is 12.1 Å². The van der Waals surface area contributed by atoms with Gasteiger partial charge in [-0.05, 0) is 25.1 Å². The lowest BCUT2D eigenvalue weighted by atomic mass is 10.1. The van der Waals surface area contributed by atoms with Crippen LogP contribution in [0.4, 0.5) is 5.69 Å². The van der Waals surface area contributed by atoms with E-state index in [0.29, 0.717) is 23.4 Å². The van der Waals surface area contributed by atoms with Crippen molar-refractivity contribution in [2.75, 3.05) is 18.6 Å². The molecule has 17 heavy (non-hydrogen) atoms. The topological polar surface area (TPSA) is 69.4 Å². The van der Waals surface area contributed by atoms with Crippen LogP contribution in [0.25, 0.3) is 0 Å². The highest BCUT2D eigenvalue weighted by molar-refractivity contribution is 7.99. The second kappa shape index (κ2) is 6.30. The molecule has 0 saturated heterocycles. The summed E-state index contributed by atoms with van der Waals surface area (Å²) in [6.07, 6.45) is 0.357. The fraction of sp³-hybridized carbons (Fsp3) is 0.333. The number of hydrogen-bond donors (Lipinski definition) is 1. The van der Waals surface area contributed by atoms with Gasteiger partial charge in [-0.1, -0.05) is 0 Å². The lowest BCUT2D eigenvalue weighted by Gasteiger charge is -2.05. The van der Waals surface area contributed by atoms with Gasteiger partial charge < -0.3 is 10.5 Å². The van der Waals surface area contributed by atoms with Gasteiger partial charge in [0.05, 0.1) is 13.5 Å². The molecular formula is C12H15NO3S. The van der Waals surface area contributed by atoms with Gasteiger partial charge in [0, 0.05) is 21.9 Å². The number of thioether (sulfide) groups is 1. The Labute approximate surface area is 105 Å². The summed E-state index contributed by atoms with van der Waals surface area (Å²) in [7, 11) is 1.37. The molecule has 0 aromatic heterocycles. The number of esters is 1. The minimum atomic E-state index is -0.231. The third kappa shape index (κ3) is 4.11. The van der Waals surface area contributed by atoms with E-state index in [1.165, 1.54) is 25.8 Å². The first-order valence-electron chi connectivity index (χ1n) is 5.14. The van der Waals surface area contributed by atoms with E-state index in [4.69, 9.17) is 5.73 Å². The van der Waals surface area contributed by atoms with Crippen molar-refractivity contribution in [2.24, 2.45) is 0 Å². The molecule has 0 spiro atoms. The van der Waals surface area contributed by atoms with E-state index >= 15 is 0 Å². The predicted molar refractivity (Wildman–Crippen MR) is 68.2 cm³/mol. The molecule has 1 aromatic carbocycles. The van der Waals surface area contributed by atoms with Gasteiger partial charge in [0.2, 0.25) is 0 Å². The molecular weight excluding hydrogens is 238 g/mol. The normalized spacial score (nSPS) is 10.0. The average Bonchev–Trinajstić information content (AvgIpc) is 2.28. The van der Waals surface area contributed by atoms with Crippen LogP contribution in [0.5, 0.6) is 0 Å². The summed E-state index contributed by atoms with van der Waals surface area (Å²) in [4.78, 5) is 23.0. The van der Waals surface area contributed by atoms with Crippen LogP contribution in [-0.4, -0.2) is 24.6 Å². The van der Waals surface area contributed by atoms with Crippen LogP contribution in [0.3, 0.4) is 0 Å². The molecule has 0 aliphatic heterocycles. The maximum Gasteiger partial charge on any atom is 0.306 e. The largest absolute Gasteiger partial charge is 0.469 e. The minimum absolute atomic E-state index is 0.0476. The number of Topliss-reactive ketones (excluding diaryl/α,β-unsaturated/α-hetero) is 1. The second-order valence-corrected chi connectivity index (χ2v) is 4.65. The Kier molecular flexibility index (Phi) is 5.03. The summed E-state index contributed by atoms with van der Waals surface area (Å²) in [6, 6.07) is 5.28. The van der Waals surface area contributed by atoms with Crippen LogP contribution < -0.4 is 5.73 Å². The van der Waals surface area contributed by atoms with E-state index in [0.717, 1.165) is 4.90 Å². The molecule has 0 radical (unpaired) electrons. The van der Waals surface area contributed by atoms with Crippen LogP contribution >= 0.6 is 11.8 Å². The zero-order valence-corrected chi connectivity index (χ0v) is 10.7. The quantitative estimate of drug-likeness (QED) is 0.377. The fourth-order valence-electron chi connectivity index (χ4n) is 1.31. The molecule has 1 aromatic rings. The molecule has 92 valence electrons. The number of carbonyl (C=O) groups is 2. The highest BCUT2D eigenvalue weighted by atomic mass is 32.2. The molecule has 0 amide bonds. The number of benzene rings is 1. The van der Waals surface area contributed by atoms with Gasteiger partial charge in [0.1, 0.15) is 0 Å². The molecule has 2 N–H and O–H groups in total. The Hall–Kier alpha value is -1.49. The number of nitrogens with two attached hydrogens (primary N) is 1. The Morgan fingerprint density at radius 3 is 2.65 bits per heavy atom. The molecule has 0 saturated carbocycles. The molecule has 0 atom stereocenters. The van der Waals surface area contributed by atoms with Gasteiger partial charge in [-0.2, -0.15) is 0 Å². The Balaban J connectivity index is 2.59. The zero-order valence-electron chi connectivity index (χ0n) is 9.86. The zero-order chi connectivity index (χ0) is 12.8. The molecule has 0 fully saturated rings. The number of ketones is 1. The maximum absolute atomic E-state index is 11.2. The van der Waals surface area contributed by atoms with Crippen LogP contribution in [0, 0.1) is 0 Å². The van der Waals surface area contributed by atoms with E-state index in [9.17, 15) is 9.59 Å². The van der Waals surface area contributed by atoms with Crippen molar-refractivity contribution in [2.45, 2.75) is 18.2 Å². The van der Waals surface area contributed by atoms with Gasteiger partial charge in [0.25, 0.3) is 0 Å². The summed E-state index contributed by atoms with van der Waals surface area (Å²) in [5.74, 6) is 0.352. The lowest BCUT2D eigenvalue weighted by Crippen LogP contribution is -2.01. The Morgan fingerprint density at radius 1 is 1.41 bits per heavy atom. The van der Waals surface area contributed by atoms with Crippen LogP contribution in [0.15, 0.2) is 23.1 Å². The molecule has 0 heterocycles. The predicted octanol–water partition coefficient (Wildman–Crippen LogP) is 2.13. The average molecular weight is 253 g/mol. The van der Waals surface area contributed by atoms with Crippen LogP contribution in [0.2, 0.25) is 0 Å². The van der Waals surface area contributed by atoms with Crippen molar-refractivity contribution in [3.05, 3.63) is 23.8 Å². The molecule has 0 aliphatic rings. The number of anilines is 1. The highest BCUT2D eigenvalue weighted by Crippen LogP contribution is 2.24. The molecule has 0 bridgehead atoms. The minimum Gasteiger partial charge on any atom is -0.469 e. The molecule has 1 rings (SSSR count). The van der Waals surface area contributed by atoms with Crippen LogP contribution in [-0.2, 0) is 9.53 Å². The van der Waals surface area contributed by atoms with E-state index in [2.05, 4.69) is 4.74 Å². The van der Waals surface area contributed by atoms with Gasteiger partial charge in [-0.25, -0.2) is 0 Å². The summed E-state index contributed by atoms with van der Waals surface area (Å²) >= 11 is 1.51. The SMILES string of the molecule is COC(=O)CCSc1ccc(C(C)=O)c(N)c1. The number of carbonyl (C=O) groups excluding carboxylic acids is 2. The summed E-state index contributed by atoms with van der Waals surface area (Å²) in [6.45, 7) is 1.48. The van der Waals surface area contributed by atoms with Crippen molar-refractivity contribution in [3.8, 4) is 0 Å². The van der Waals surface area contributed by atoms with E-state index in [-0.39, 0.29) is 11.8 Å². The highest BCUT2D eigenvalue weighted by Gasteiger charge is 2.06. The van der Waals surface area contributed by atoms with Gasteiger partial charge in [0.15, 0.2) is 5.78 Å². The van der Waals surface area contributed by atoms with Gasteiger partial charge in [-0.15, -0.1) is 11.8 Å². The van der Waals surface area contributed by atoms with Crippen molar-refractivity contribution < 1.29 is 14.3 Å². The lowest BCUT2D eigenvalue weighted by molar-refractivity contribution is -0.140. The van der Waals surface area contributed by atoms with Crippen molar-refractivity contribution >= 4 is 29.2 Å². The third-order valence-electron chi connectivity index (χ3n) is 2.20. The molecule has 0 aliphatic carbocycles. The maximum atomic E-state index is 11.2. The smallest absolute Gasteiger partial charge is 0.306 e. The number of nitrogen functional groups attached to an aromatic ring is 1. The van der Waals surface area contributed by atoms with Crippen molar-refractivity contribution in [1.82, 2.24) is 0 Å². The summed E-state index contributed by atoms with van der Waals surface area (Å²) in [5.41, 5.74) is 6.76. The van der Waals surface area contributed by atoms with Crippen molar-refractivity contribution in [3.63, 3.8) is 0 Å². The first-order chi connectivity index (χ1) is 8.04. The van der Waals surface area contributed by atoms with Crippen molar-refractivity contribution in [1.29, 1.82) is 0 Å². The van der Waals surface area contributed by atoms with Crippen LogP contribution in [0.1, 0.15) is 23.7 Å². The monoisotopic (exact) mass is 253 g/mol. The van der Waals surface area contributed by atoms with Gasteiger partial charge in [-0.3, -0.25) is 9.59 Å². The summed E-state index contributed by atoms with van der Waals surface area (Å²) in [5, 5.41) is 0.